The summed E-state index contributed by atoms with van der Waals surface area (Å²) < 4.78 is 0. The van der Waals surface area contributed by atoms with Gasteiger partial charge in [0.1, 0.15) is 11.9 Å². The molecule has 6 nitrogen and oxygen atoms in total. The number of aromatic nitrogens is 1. The Labute approximate surface area is 158 Å². The molecule has 0 atom stereocenters. The van der Waals surface area contributed by atoms with E-state index in [0.29, 0.717) is 41.7 Å². The fraction of sp³-hybridized carbons (Fsp3) is 0.316. The van der Waals surface area contributed by atoms with Gasteiger partial charge in [0.05, 0.1) is 5.56 Å². The molecule has 1 aliphatic rings. The monoisotopic (exact) mass is 369 g/mol. The summed E-state index contributed by atoms with van der Waals surface area (Å²) in [5.74, 6) is 0.683. The summed E-state index contributed by atoms with van der Waals surface area (Å²) in [6.07, 6.45) is 2.50. The maximum atomic E-state index is 12.6. The van der Waals surface area contributed by atoms with Crippen LogP contribution in [0.15, 0.2) is 36.5 Å². The van der Waals surface area contributed by atoms with Crippen LogP contribution < -0.4 is 10.2 Å². The molecule has 0 radical (unpaired) electrons. The van der Waals surface area contributed by atoms with Crippen molar-refractivity contribution >= 4 is 29.1 Å². The average Bonchev–Trinajstić information content (AvgIpc) is 2.91. The largest absolute Gasteiger partial charge is 0.354 e. The summed E-state index contributed by atoms with van der Waals surface area (Å²) in [5, 5.41) is 12.8. The molecule has 2 heterocycles. The summed E-state index contributed by atoms with van der Waals surface area (Å²) in [6, 6.07) is 11.0. The SMILES string of the molecule is Cc1ccc(NC(=O)N2CCCN(c3ncccc3C#N)CC2)cc1Cl. The standard InChI is InChI=1S/C19H20ClN5O/c1-14-5-6-16(12-17(14)20)23-19(26)25-9-3-8-24(10-11-25)18-15(13-21)4-2-7-22-18/h2,4-7,12H,3,8-11H2,1H3,(H,23,26). The van der Waals surface area contributed by atoms with Crippen molar-refractivity contribution in [1.82, 2.24) is 9.88 Å². The summed E-state index contributed by atoms with van der Waals surface area (Å²) in [4.78, 5) is 20.8. The number of nitrogens with one attached hydrogen (secondary N) is 1. The van der Waals surface area contributed by atoms with Crippen LogP contribution in [0, 0.1) is 18.3 Å². The number of carbonyl (C=O) groups excluding carboxylic acids is 1. The number of benzene rings is 1. The molecule has 2 amide bonds. The normalized spacial score (nSPS) is 14.5. The lowest BCUT2D eigenvalue weighted by atomic mass is 10.2. The number of nitrogens with zero attached hydrogens (tertiary/aromatic N) is 4. The van der Waals surface area contributed by atoms with Gasteiger partial charge in [0.25, 0.3) is 0 Å². The molecule has 1 aliphatic heterocycles. The van der Waals surface area contributed by atoms with Crippen LogP contribution in [0.5, 0.6) is 0 Å². The second kappa shape index (κ2) is 8.07. The number of halogens is 1. The lowest BCUT2D eigenvalue weighted by molar-refractivity contribution is 0.215. The van der Waals surface area contributed by atoms with Crippen molar-refractivity contribution < 1.29 is 4.79 Å². The van der Waals surface area contributed by atoms with E-state index in [-0.39, 0.29) is 6.03 Å². The van der Waals surface area contributed by atoms with E-state index in [0.717, 1.165) is 18.5 Å². The van der Waals surface area contributed by atoms with Crippen LogP contribution in [-0.4, -0.2) is 42.1 Å². The zero-order chi connectivity index (χ0) is 18.5. The molecule has 1 aromatic carbocycles. The number of anilines is 2. The lowest BCUT2D eigenvalue weighted by Crippen LogP contribution is -2.38. The lowest BCUT2D eigenvalue weighted by Gasteiger charge is -2.23. The number of pyridine rings is 1. The smallest absolute Gasteiger partial charge is 0.321 e. The zero-order valence-corrected chi connectivity index (χ0v) is 15.3. The van der Waals surface area contributed by atoms with Gasteiger partial charge < -0.3 is 15.1 Å². The summed E-state index contributed by atoms with van der Waals surface area (Å²) >= 11 is 6.12. The molecule has 0 saturated carbocycles. The molecule has 0 spiro atoms. The highest BCUT2D eigenvalue weighted by Gasteiger charge is 2.21. The highest BCUT2D eigenvalue weighted by molar-refractivity contribution is 6.31. The Balaban J connectivity index is 1.65. The van der Waals surface area contributed by atoms with E-state index < -0.39 is 0 Å². The Morgan fingerprint density at radius 3 is 2.88 bits per heavy atom. The minimum atomic E-state index is -0.145. The number of rotatable bonds is 2. The Morgan fingerprint density at radius 1 is 1.27 bits per heavy atom. The highest BCUT2D eigenvalue weighted by atomic mass is 35.5. The first-order valence-electron chi connectivity index (χ1n) is 8.50. The molecule has 7 heteroatoms. The van der Waals surface area contributed by atoms with Gasteiger partial charge >= 0.3 is 6.03 Å². The molecule has 1 N–H and O–H groups in total. The summed E-state index contributed by atoms with van der Waals surface area (Å²) in [6.45, 7) is 4.52. The summed E-state index contributed by atoms with van der Waals surface area (Å²) in [7, 11) is 0. The van der Waals surface area contributed by atoms with Crippen molar-refractivity contribution in [2.24, 2.45) is 0 Å². The van der Waals surface area contributed by atoms with Gasteiger partial charge in [-0.3, -0.25) is 0 Å². The third kappa shape index (κ3) is 4.06. The maximum absolute atomic E-state index is 12.6. The molecule has 3 rings (SSSR count). The predicted molar refractivity (Wildman–Crippen MR) is 103 cm³/mol. The molecule has 134 valence electrons. The average molecular weight is 370 g/mol. The molecular weight excluding hydrogens is 350 g/mol. The first kappa shape index (κ1) is 18.0. The number of carbonyl (C=O) groups is 1. The Hall–Kier alpha value is -2.78. The number of hydrogen-bond donors (Lipinski definition) is 1. The van der Waals surface area contributed by atoms with E-state index in [1.165, 1.54) is 0 Å². The second-order valence-electron chi connectivity index (χ2n) is 6.21. The van der Waals surface area contributed by atoms with Crippen molar-refractivity contribution in [3.8, 4) is 6.07 Å². The van der Waals surface area contributed by atoms with Crippen LogP contribution in [0.1, 0.15) is 17.5 Å². The number of amides is 2. The molecule has 1 saturated heterocycles. The minimum absolute atomic E-state index is 0.145. The zero-order valence-electron chi connectivity index (χ0n) is 14.6. The highest BCUT2D eigenvalue weighted by Crippen LogP contribution is 2.21. The fourth-order valence-corrected chi connectivity index (χ4v) is 3.12. The molecule has 26 heavy (non-hydrogen) atoms. The van der Waals surface area contributed by atoms with Crippen molar-refractivity contribution in [3.05, 3.63) is 52.7 Å². The third-order valence-electron chi connectivity index (χ3n) is 4.41. The maximum Gasteiger partial charge on any atom is 0.321 e. The quantitative estimate of drug-likeness (QED) is 0.876. The van der Waals surface area contributed by atoms with Gasteiger partial charge in [0.15, 0.2) is 0 Å². The fourth-order valence-electron chi connectivity index (χ4n) is 2.94. The number of urea groups is 1. The molecule has 1 aromatic heterocycles. The van der Waals surface area contributed by atoms with Crippen molar-refractivity contribution in [1.29, 1.82) is 5.26 Å². The Morgan fingerprint density at radius 2 is 2.12 bits per heavy atom. The molecular formula is C19H20ClN5O. The van der Waals surface area contributed by atoms with Crippen molar-refractivity contribution in [2.75, 3.05) is 36.4 Å². The van der Waals surface area contributed by atoms with Crippen molar-refractivity contribution in [3.63, 3.8) is 0 Å². The number of aryl methyl sites for hydroxylation is 1. The topological polar surface area (TPSA) is 72.3 Å². The van der Waals surface area contributed by atoms with Gasteiger partial charge in [0, 0.05) is 43.1 Å². The molecule has 0 bridgehead atoms. The van der Waals surface area contributed by atoms with E-state index in [1.807, 2.05) is 19.1 Å². The predicted octanol–water partition coefficient (Wildman–Crippen LogP) is 3.66. The van der Waals surface area contributed by atoms with Gasteiger partial charge in [-0.1, -0.05) is 17.7 Å². The van der Waals surface area contributed by atoms with E-state index in [9.17, 15) is 10.1 Å². The van der Waals surface area contributed by atoms with Crippen LogP contribution in [0.25, 0.3) is 0 Å². The molecule has 1 fully saturated rings. The van der Waals surface area contributed by atoms with Gasteiger partial charge in [0.2, 0.25) is 0 Å². The van der Waals surface area contributed by atoms with Gasteiger partial charge in [-0.05, 0) is 43.2 Å². The van der Waals surface area contributed by atoms with E-state index in [2.05, 4.69) is 21.3 Å². The first-order valence-corrected chi connectivity index (χ1v) is 8.88. The van der Waals surface area contributed by atoms with E-state index in [1.54, 1.807) is 29.3 Å². The molecule has 0 unspecified atom stereocenters. The van der Waals surface area contributed by atoms with Crippen LogP contribution in [0.3, 0.4) is 0 Å². The van der Waals surface area contributed by atoms with Gasteiger partial charge in [-0.15, -0.1) is 0 Å². The van der Waals surface area contributed by atoms with Crippen molar-refractivity contribution in [2.45, 2.75) is 13.3 Å². The van der Waals surface area contributed by atoms with E-state index in [4.69, 9.17) is 11.6 Å². The van der Waals surface area contributed by atoms with Crippen LogP contribution in [0.2, 0.25) is 5.02 Å². The first-order chi connectivity index (χ1) is 12.6. The van der Waals surface area contributed by atoms with Crippen LogP contribution in [-0.2, 0) is 0 Å². The molecule has 0 aliphatic carbocycles. The summed E-state index contributed by atoms with van der Waals surface area (Å²) in [5.41, 5.74) is 2.21. The second-order valence-corrected chi connectivity index (χ2v) is 6.62. The van der Waals surface area contributed by atoms with Gasteiger partial charge in [-0.2, -0.15) is 5.26 Å². The number of hydrogen-bond acceptors (Lipinski definition) is 4. The van der Waals surface area contributed by atoms with Crippen LogP contribution in [0.4, 0.5) is 16.3 Å². The third-order valence-corrected chi connectivity index (χ3v) is 4.82. The van der Waals surface area contributed by atoms with Gasteiger partial charge in [-0.25, -0.2) is 9.78 Å². The Bertz CT molecular complexity index is 848. The number of nitriles is 1. The van der Waals surface area contributed by atoms with E-state index >= 15 is 0 Å². The molecule has 2 aromatic rings. The Kier molecular flexibility index (Phi) is 5.59. The van der Waals surface area contributed by atoms with Crippen LogP contribution >= 0.6 is 11.6 Å². The minimum Gasteiger partial charge on any atom is -0.354 e.